The largest absolute Gasteiger partial charge is 0.392 e. The number of hydrogen-bond donors (Lipinski definition) is 2. The third-order valence-electron chi connectivity index (χ3n) is 3.13. The maximum absolute atomic E-state index is 10.5. The van der Waals surface area contributed by atoms with Gasteiger partial charge in [-0.1, -0.05) is 42.0 Å². The van der Waals surface area contributed by atoms with Crippen molar-refractivity contribution in [1.29, 1.82) is 0 Å². The van der Waals surface area contributed by atoms with Crippen LogP contribution in [-0.2, 0) is 10.1 Å². The van der Waals surface area contributed by atoms with Gasteiger partial charge in [0.1, 0.15) is 0 Å². The van der Waals surface area contributed by atoms with Crippen molar-refractivity contribution < 1.29 is 18.1 Å². The molecule has 5 heteroatoms. The first-order chi connectivity index (χ1) is 9.91. The maximum Gasteiger partial charge on any atom is 0.294 e. The minimum absolute atomic E-state index is 0.0666. The molecule has 0 aromatic heterocycles. The van der Waals surface area contributed by atoms with Crippen molar-refractivity contribution in [1.82, 2.24) is 0 Å². The molecule has 0 unspecified atom stereocenters. The molecule has 0 amide bonds. The molecule has 0 atom stereocenters. The molecule has 0 aliphatic heterocycles. The zero-order valence-corrected chi connectivity index (χ0v) is 12.3. The first-order valence-corrected chi connectivity index (χ1v) is 7.81. The molecule has 2 aromatic rings. The van der Waals surface area contributed by atoms with Crippen LogP contribution < -0.4 is 0 Å². The fourth-order valence-corrected chi connectivity index (χ4v) is 2.42. The Balaban J connectivity index is 0.000000154. The van der Waals surface area contributed by atoms with Crippen LogP contribution in [0.25, 0.3) is 11.6 Å². The lowest BCUT2D eigenvalue weighted by Gasteiger charge is -2.16. The minimum atomic E-state index is -4.02. The van der Waals surface area contributed by atoms with Gasteiger partial charge in [0.15, 0.2) is 0 Å². The second kappa shape index (κ2) is 6.22. The minimum Gasteiger partial charge on any atom is -0.392 e. The maximum atomic E-state index is 10.5. The second-order valence-corrected chi connectivity index (χ2v) is 6.12. The van der Waals surface area contributed by atoms with E-state index < -0.39 is 10.1 Å². The predicted molar refractivity (Wildman–Crippen MR) is 82.4 cm³/mol. The molecule has 0 radical (unpaired) electrons. The van der Waals surface area contributed by atoms with Crippen molar-refractivity contribution in [3.05, 3.63) is 65.2 Å². The van der Waals surface area contributed by atoms with Gasteiger partial charge in [-0.05, 0) is 41.8 Å². The number of hydrogen-bond acceptors (Lipinski definition) is 3. The Hall–Kier alpha value is -1.95. The van der Waals surface area contributed by atoms with Crippen molar-refractivity contribution in [2.75, 3.05) is 6.61 Å². The van der Waals surface area contributed by atoms with Crippen LogP contribution in [0.2, 0.25) is 0 Å². The number of aliphatic hydroxyl groups excluding tert-OH is 1. The predicted octanol–water partition coefficient (Wildman–Crippen LogP) is 2.77. The summed E-state index contributed by atoms with van der Waals surface area (Å²) in [5, 5.41) is 8.76. The van der Waals surface area contributed by atoms with E-state index in [0.29, 0.717) is 0 Å². The van der Waals surface area contributed by atoms with Crippen molar-refractivity contribution in [3.8, 4) is 0 Å². The Kier molecular flexibility index (Phi) is 4.57. The van der Waals surface area contributed by atoms with Crippen molar-refractivity contribution in [2.24, 2.45) is 0 Å². The van der Waals surface area contributed by atoms with E-state index >= 15 is 0 Å². The molecule has 2 aromatic carbocycles. The number of rotatable bonds is 2. The fraction of sp³-hybridized carbons (Fsp3) is 0.125. The monoisotopic (exact) mass is 304 g/mol. The van der Waals surface area contributed by atoms with Gasteiger partial charge in [0.05, 0.1) is 11.5 Å². The molecule has 0 fully saturated rings. The van der Waals surface area contributed by atoms with E-state index in [2.05, 4.69) is 6.07 Å². The number of fused-ring (bicyclic) bond motifs is 1. The highest BCUT2D eigenvalue weighted by molar-refractivity contribution is 7.85. The first-order valence-electron chi connectivity index (χ1n) is 6.37. The highest BCUT2D eigenvalue weighted by atomic mass is 32.2. The molecule has 110 valence electrons. The molecule has 1 aliphatic carbocycles. The smallest absolute Gasteiger partial charge is 0.294 e. The van der Waals surface area contributed by atoms with Crippen molar-refractivity contribution in [2.45, 2.75) is 11.8 Å². The van der Waals surface area contributed by atoms with Gasteiger partial charge in [0.2, 0.25) is 0 Å². The molecular weight excluding hydrogens is 288 g/mol. The molecule has 21 heavy (non-hydrogen) atoms. The molecule has 4 nitrogen and oxygen atoms in total. The third-order valence-corrected chi connectivity index (χ3v) is 3.99. The molecular formula is C16H16O4S. The van der Waals surface area contributed by atoms with E-state index in [1.165, 1.54) is 23.3 Å². The summed E-state index contributed by atoms with van der Waals surface area (Å²) in [6, 6.07) is 14.1. The summed E-state index contributed by atoms with van der Waals surface area (Å²) in [4.78, 5) is -0.0666. The van der Waals surface area contributed by atoms with E-state index in [1.54, 1.807) is 12.1 Å². The lowest BCUT2D eigenvalue weighted by atomic mass is 9.89. The van der Waals surface area contributed by atoms with Crippen LogP contribution in [0.15, 0.2) is 53.4 Å². The van der Waals surface area contributed by atoms with E-state index in [-0.39, 0.29) is 11.5 Å². The Morgan fingerprint density at radius 1 is 1.00 bits per heavy atom. The summed E-state index contributed by atoms with van der Waals surface area (Å²) in [5.41, 5.74) is 4.45. The molecule has 1 aliphatic rings. The van der Waals surface area contributed by atoms with E-state index in [1.807, 2.05) is 31.2 Å². The second-order valence-electron chi connectivity index (χ2n) is 4.70. The van der Waals surface area contributed by atoms with Gasteiger partial charge in [-0.2, -0.15) is 8.42 Å². The summed E-state index contributed by atoms with van der Waals surface area (Å²) in [5.74, 6) is 0. The van der Waals surface area contributed by atoms with Gasteiger partial charge < -0.3 is 5.11 Å². The summed E-state index contributed by atoms with van der Waals surface area (Å²) >= 11 is 0. The summed E-state index contributed by atoms with van der Waals surface area (Å²) in [7, 11) is -4.02. The SMILES string of the molecule is Cc1ccc(S(=O)(=O)O)cc1.OCC1=Cc2ccccc21. The van der Waals surface area contributed by atoms with E-state index in [9.17, 15) is 8.42 Å². The highest BCUT2D eigenvalue weighted by Gasteiger charge is 2.12. The van der Waals surface area contributed by atoms with Gasteiger partial charge >= 0.3 is 0 Å². The van der Waals surface area contributed by atoms with Crippen LogP contribution in [0.5, 0.6) is 0 Å². The summed E-state index contributed by atoms with van der Waals surface area (Å²) in [6.45, 7) is 2.00. The topological polar surface area (TPSA) is 74.6 Å². The number of aryl methyl sites for hydroxylation is 1. The van der Waals surface area contributed by atoms with Crippen LogP contribution in [-0.4, -0.2) is 24.7 Å². The van der Waals surface area contributed by atoms with Crippen molar-refractivity contribution >= 4 is 21.8 Å². The van der Waals surface area contributed by atoms with Gasteiger partial charge in [-0.3, -0.25) is 4.55 Å². The zero-order valence-electron chi connectivity index (χ0n) is 11.5. The van der Waals surface area contributed by atoms with Crippen LogP contribution >= 0.6 is 0 Å². The lowest BCUT2D eigenvalue weighted by molar-refractivity contribution is 0.350. The Morgan fingerprint density at radius 2 is 1.62 bits per heavy atom. The average molecular weight is 304 g/mol. The summed E-state index contributed by atoms with van der Waals surface area (Å²) < 4.78 is 29.6. The molecule has 0 heterocycles. The van der Waals surface area contributed by atoms with Gasteiger partial charge in [0.25, 0.3) is 10.1 Å². The first kappa shape index (κ1) is 15.4. The van der Waals surface area contributed by atoms with Crippen LogP contribution in [0.3, 0.4) is 0 Å². The standard InChI is InChI=1S/C9H8O.C7H8O3S/c10-6-8-5-7-3-1-2-4-9(7)8;1-6-2-4-7(5-3-6)11(8,9)10/h1-5,10H,6H2;2-5H,1H3,(H,8,9,10). The normalized spacial score (nSPS) is 12.4. The van der Waals surface area contributed by atoms with Gasteiger partial charge in [-0.15, -0.1) is 0 Å². The lowest BCUT2D eigenvalue weighted by Crippen LogP contribution is -2.01. The van der Waals surface area contributed by atoms with Crippen molar-refractivity contribution in [3.63, 3.8) is 0 Å². The van der Waals surface area contributed by atoms with Crippen LogP contribution in [0.4, 0.5) is 0 Å². The molecule has 0 bridgehead atoms. The third kappa shape index (κ3) is 3.78. The molecule has 2 N–H and O–H groups in total. The molecule has 0 saturated heterocycles. The molecule has 0 saturated carbocycles. The average Bonchev–Trinajstić information content (AvgIpc) is 2.41. The highest BCUT2D eigenvalue weighted by Crippen LogP contribution is 2.30. The molecule has 0 spiro atoms. The Bertz CT molecular complexity index is 759. The number of benzene rings is 2. The Labute approximate surface area is 124 Å². The van der Waals surface area contributed by atoms with E-state index in [4.69, 9.17) is 9.66 Å². The quantitative estimate of drug-likeness (QED) is 0.837. The molecule has 3 rings (SSSR count). The zero-order chi connectivity index (χ0) is 15.5. The number of aliphatic hydroxyl groups is 1. The van der Waals surface area contributed by atoms with Crippen LogP contribution in [0.1, 0.15) is 16.7 Å². The van der Waals surface area contributed by atoms with E-state index in [0.717, 1.165) is 11.1 Å². The summed E-state index contributed by atoms with van der Waals surface area (Å²) in [6.07, 6.45) is 2.01. The Morgan fingerprint density at radius 3 is 2.14 bits per heavy atom. The van der Waals surface area contributed by atoms with Crippen LogP contribution in [0, 0.1) is 6.92 Å². The fourth-order valence-electron chi connectivity index (χ4n) is 1.94. The van der Waals surface area contributed by atoms with Gasteiger partial charge in [-0.25, -0.2) is 0 Å². The van der Waals surface area contributed by atoms with Gasteiger partial charge in [0, 0.05) is 0 Å².